The maximum absolute atomic E-state index is 12.5. The second-order valence-electron chi connectivity index (χ2n) is 10.5. The second-order valence-corrected chi connectivity index (χ2v) is 11.3. The summed E-state index contributed by atoms with van der Waals surface area (Å²) < 4.78 is 2.44. The molecule has 2 fully saturated rings. The molecule has 3 N–H and O–H groups in total. The van der Waals surface area contributed by atoms with Crippen molar-refractivity contribution in [2.24, 2.45) is 5.41 Å². The summed E-state index contributed by atoms with van der Waals surface area (Å²) in [7, 11) is 1.68. The van der Waals surface area contributed by atoms with Gasteiger partial charge in [0.25, 0.3) is 0 Å². The molecular formula is C27H30BrN9O2. The molecule has 1 aliphatic carbocycles. The van der Waals surface area contributed by atoms with Crippen LogP contribution < -0.4 is 16.0 Å². The van der Waals surface area contributed by atoms with Gasteiger partial charge in [0.1, 0.15) is 4.60 Å². The lowest BCUT2D eigenvalue weighted by Crippen LogP contribution is -2.47. The third-order valence-corrected chi connectivity index (χ3v) is 8.38. The van der Waals surface area contributed by atoms with Crippen LogP contribution in [0.4, 0.5) is 5.95 Å². The molecule has 3 aromatic heterocycles. The number of amides is 2. The number of aromatic nitrogens is 5. The summed E-state index contributed by atoms with van der Waals surface area (Å²) in [5.74, 6) is 0.636. The first kappa shape index (κ1) is 25.6. The SMILES string of the molecule is CNC(=O)[C@]1(C)CC[C@@H](Nc2ncc3c(Br)nn(-c4cc(CN5CCNCC5=O)c5ncccc5c4)c3n2)C1. The number of hydrogen-bond acceptors (Lipinski definition) is 8. The van der Waals surface area contributed by atoms with Crippen molar-refractivity contribution in [2.45, 2.75) is 38.8 Å². The number of fused-ring (bicyclic) bond motifs is 2. The van der Waals surface area contributed by atoms with E-state index in [1.165, 1.54) is 0 Å². The summed E-state index contributed by atoms with van der Waals surface area (Å²) in [5, 5.41) is 15.8. The van der Waals surface area contributed by atoms with Crippen molar-refractivity contribution < 1.29 is 9.59 Å². The minimum absolute atomic E-state index is 0.0642. The van der Waals surface area contributed by atoms with Gasteiger partial charge in [-0.2, -0.15) is 10.1 Å². The topological polar surface area (TPSA) is 130 Å². The Morgan fingerprint density at radius 1 is 1.31 bits per heavy atom. The van der Waals surface area contributed by atoms with Gasteiger partial charge in [-0.25, -0.2) is 9.67 Å². The van der Waals surface area contributed by atoms with E-state index >= 15 is 0 Å². The van der Waals surface area contributed by atoms with Gasteiger partial charge in [0.2, 0.25) is 17.8 Å². The Kier molecular flexibility index (Phi) is 6.67. The lowest BCUT2D eigenvalue weighted by Gasteiger charge is -2.27. The normalized spacial score (nSPS) is 21.6. The number of piperazine rings is 1. The predicted molar refractivity (Wildman–Crippen MR) is 151 cm³/mol. The Labute approximate surface area is 233 Å². The summed E-state index contributed by atoms with van der Waals surface area (Å²) >= 11 is 3.57. The Hall–Kier alpha value is -3.64. The van der Waals surface area contributed by atoms with Crippen LogP contribution in [0, 0.1) is 5.41 Å². The molecule has 11 nitrogen and oxygen atoms in total. The van der Waals surface area contributed by atoms with Crippen LogP contribution in [0.15, 0.2) is 41.3 Å². The fourth-order valence-electron chi connectivity index (χ4n) is 5.68. The highest BCUT2D eigenvalue weighted by atomic mass is 79.9. The third-order valence-electron chi connectivity index (χ3n) is 7.79. The summed E-state index contributed by atoms with van der Waals surface area (Å²) in [5.41, 5.74) is 2.88. The smallest absolute Gasteiger partial charge is 0.236 e. The molecule has 0 unspecified atom stereocenters. The minimum Gasteiger partial charge on any atom is -0.359 e. The summed E-state index contributed by atoms with van der Waals surface area (Å²) in [4.78, 5) is 40.7. The number of rotatable bonds is 6. The number of carbonyl (C=O) groups excluding carboxylic acids is 2. The molecule has 2 aliphatic rings. The summed E-state index contributed by atoms with van der Waals surface area (Å²) in [6.07, 6.45) is 5.91. The van der Waals surface area contributed by atoms with Gasteiger partial charge < -0.3 is 20.9 Å². The van der Waals surface area contributed by atoms with E-state index < -0.39 is 5.41 Å². The monoisotopic (exact) mass is 591 g/mol. The Morgan fingerprint density at radius 3 is 3.00 bits per heavy atom. The summed E-state index contributed by atoms with van der Waals surface area (Å²) in [6.45, 7) is 4.23. The number of anilines is 1. The molecule has 202 valence electrons. The molecule has 4 heterocycles. The van der Waals surface area contributed by atoms with Crippen LogP contribution in [-0.2, 0) is 16.1 Å². The molecule has 1 aliphatic heterocycles. The van der Waals surface area contributed by atoms with Crippen molar-refractivity contribution in [1.29, 1.82) is 0 Å². The Bertz CT molecular complexity index is 1590. The highest BCUT2D eigenvalue weighted by Gasteiger charge is 2.41. The number of carbonyl (C=O) groups is 2. The molecule has 6 rings (SSSR count). The zero-order chi connectivity index (χ0) is 27.1. The van der Waals surface area contributed by atoms with Gasteiger partial charge in [0, 0.05) is 55.9 Å². The van der Waals surface area contributed by atoms with Crippen LogP contribution in [0.2, 0.25) is 0 Å². The molecule has 2 amide bonds. The standard InChI is InChI=1S/C27H30BrN9O2/c1-27(25(39)29-2)6-5-18(12-27)33-26-32-13-20-23(28)35-37(24(20)34-26)19-10-16-4-3-7-31-22(16)17(11-19)15-36-9-8-30-14-21(36)38/h3-4,7,10-11,13,18,30H,5-6,8-9,12,14-15H2,1-2H3,(H,29,39)(H,32,33,34)/t18-,27-/m1/s1. The van der Waals surface area contributed by atoms with Crippen molar-refractivity contribution in [2.75, 3.05) is 32.0 Å². The molecule has 12 heteroatoms. The van der Waals surface area contributed by atoms with E-state index in [4.69, 9.17) is 10.1 Å². The maximum Gasteiger partial charge on any atom is 0.236 e. The molecule has 0 bridgehead atoms. The van der Waals surface area contributed by atoms with Gasteiger partial charge in [-0.3, -0.25) is 14.6 Å². The number of benzene rings is 1. The van der Waals surface area contributed by atoms with Crippen LogP contribution >= 0.6 is 15.9 Å². The van der Waals surface area contributed by atoms with Gasteiger partial charge in [0.15, 0.2) is 5.65 Å². The second kappa shape index (κ2) is 10.2. The molecule has 0 spiro atoms. The quantitative estimate of drug-likeness (QED) is 0.312. The zero-order valence-corrected chi connectivity index (χ0v) is 23.5. The largest absolute Gasteiger partial charge is 0.359 e. The maximum atomic E-state index is 12.5. The average Bonchev–Trinajstić information content (AvgIpc) is 3.49. The first-order chi connectivity index (χ1) is 18.8. The van der Waals surface area contributed by atoms with Gasteiger partial charge in [-0.05, 0) is 59.0 Å². The first-order valence-corrected chi connectivity index (χ1v) is 13.9. The van der Waals surface area contributed by atoms with Crippen LogP contribution in [0.5, 0.6) is 0 Å². The Balaban J connectivity index is 1.36. The number of hydrogen-bond donors (Lipinski definition) is 3. The number of pyridine rings is 1. The van der Waals surface area contributed by atoms with E-state index in [0.717, 1.165) is 46.9 Å². The molecule has 0 radical (unpaired) electrons. The summed E-state index contributed by atoms with van der Waals surface area (Å²) in [6, 6.07) is 8.08. The van der Waals surface area contributed by atoms with E-state index in [1.807, 2.05) is 36.1 Å². The lowest BCUT2D eigenvalue weighted by atomic mass is 9.87. The van der Waals surface area contributed by atoms with Crippen molar-refractivity contribution in [3.8, 4) is 5.69 Å². The lowest BCUT2D eigenvalue weighted by molar-refractivity contribution is -0.132. The van der Waals surface area contributed by atoms with Crippen molar-refractivity contribution >= 4 is 55.6 Å². The van der Waals surface area contributed by atoms with Crippen LogP contribution in [-0.4, -0.2) is 74.2 Å². The first-order valence-electron chi connectivity index (χ1n) is 13.1. The minimum atomic E-state index is -0.400. The van der Waals surface area contributed by atoms with Crippen LogP contribution in [0.1, 0.15) is 31.7 Å². The van der Waals surface area contributed by atoms with Crippen LogP contribution in [0.3, 0.4) is 0 Å². The number of halogens is 1. The Morgan fingerprint density at radius 2 is 2.18 bits per heavy atom. The molecule has 4 aromatic rings. The highest BCUT2D eigenvalue weighted by molar-refractivity contribution is 9.10. The molecule has 1 aromatic carbocycles. The fourth-order valence-corrected chi connectivity index (χ4v) is 6.12. The van der Waals surface area contributed by atoms with Gasteiger partial charge in [0.05, 0.1) is 23.1 Å². The predicted octanol–water partition coefficient (Wildman–Crippen LogP) is 2.77. The average molecular weight is 593 g/mol. The van der Waals surface area contributed by atoms with Gasteiger partial charge >= 0.3 is 0 Å². The van der Waals surface area contributed by atoms with E-state index in [1.54, 1.807) is 24.1 Å². The van der Waals surface area contributed by atoms with Gasteiger partial charge in [-0.15, -0.1) is 0 Å². The number of nitrogens with zero attached hydrogens (tertiary/aromatic N) is 6. The molecular weight excluding hydrogens is 562 g/mol. The van der Waals surface area contributed by atoms with Crippen molar-refractivity contribution in [3.05, 3.63) is 46.8 Å². The van der Waals surface area contributed by atoms with E-state index in [0.29, 0.717) is 42.3 Å². The molecule has 2 atom stereocenters. The van der Waals surface area contributed by atoms with E-state index in [9.17, 15) is 9.59 Å². The van der Waals surface area contributed by atoms with Crippen molar-refractivity contribution in [3.63, 3.8) is 0 Å². The van der Waals surface area contributed by atoms with Crippen molar-refractivity contribution in [1.82, 2.24) is 40.3 Å². The van der Waals surface area contributed by atoms with E-state index in [2.05, 4.69) is 41.8 Å². The number of nitrogens with one attached hydrogen (secondary N) is 3. The fraction of sp³-hybridized carbons (Fsp3) is 0.407. The van der Waals surface area contributed by atoms with Crippen LogP contribution in [0.25, 0.3) is 27.6 Å². The molecule has 1 saturated heterocycles. The molecule has 1 saturated carbocycles. The molecule has 39 heavy (non-hydrogen) atoms. The highest BCUT2D eigenvalue weighted by Crippen LogP contribution is 2.39. The van der Waals surface area contributed by atoms with E-state index in [-0.39, 0.29) is 17.9 Å². The van der Waals surface area contributed by atoms with Gasteiger partial charge in [-0.1, -0.05) is 13.0 Å². The third kappa shape index (κ3) is 4.82. The zero-order valence-electron chi connectivity index (χ0n) is 21.9.